The second-order valence-electron chi connectivity index (χ2n) is 3.87. The summed E-state index contributed by atoms with van der Waals surface area (Å²) in [7, 11) is 0. The molecule has 1 heterocycles. The maximum atomic E-state index is 6.12. The first-order valence-corrected chi connectivity index (χ1v) is 5.46. The average Bonchev–Trinajstić information content (AvgIpc) is 2.54. The number of aromatic nitrogens is 2. The summed E-state index contributed by atoms with van der Waals surface area (Å²) in [6, 6.07) is 2.61. The SMILES string of the molecule is CCCC(N)C(CC)n1ccc(C)n1. The molecule has 2 atom stereocenters. The van der Waals surface area contributed by atoms with Crippen LogP contribution < -0.4 is 5.73 Å². The number of hydrogen-bond acceptors (Lipinski definition) is 2. The highest BCUT2D eigenvalue weighted by Crippen LogP contribution is 2.17. The van der Waals surface area contributed by atoms with E-state index in [1.165, 1.54) is 0 Å². The molecule has 0 fully saturated rings. The van der Waals surface area contributed by atoms with E-state index in [1.807, 2.05) is 23.9 Å². The predicted octanol–water partition coefficient (Wildman–Crippen LogP) is 2.27. The van der Waals surface area contributed by atoms with Crippen LogP contribution in [0, 0.1) is 6.92 Å². The molecule has 1 rings (SSSR count). The van der Waals surface area contributed by atoms with Gasteiger partial charge in [-0.15, -0.1) is 0 Å². The zero-order chi connectivity index (χ0) is 10.6. The van der Waals surface area contributed by atoms with Gasteiger partial charge >= 0.3 is 0 Å². The van der Waals surface area contributed by atoms with Crippen molar-refractivity contribution < 1.29 is 0 Å². The first kappa shape index (κ1) is 11.2. The largest absolute Gasteiger partial charge is 0.326 e. The number of nitrogens with two attached hydrogens (primary N) is 1. The van der Waals surface area contributed by atoms with E-state index in [2.05, 4.69) is 18.9 Å². The fourth-order valence-corrected chi connectivity index (χ4v) is 1.83. The van der Waals surface area contributed by atoms with Crippen LogP contribution in [-0.2, 0) is 0 Å². The molecule has 14 heavy (non-hydrogen) atoms. The molecule has 0 aliphatic heterocycles. The van der Waals surface area contributed by atoms with Crippen molar-refractivity contribution in [1.29, 1.82) is 0 Å². The molecule has 0 saturated carbocycles. The lowest BCUT2D eigenvalue weighted by Crippen LogP contribution is -2.32. The van der Waals surface area contributed by atoms with E-state index in [9.17, 15) is 0 Å². The Morgan fingerprint density at radius 3 is 2.64 bits per heavy atom. The van der Waals surface area contributed by atoms with Crippen molar-refractivity contribution in [1.82, 2.24) is 9.78 Å². The summed E-state index contributed by atoms with van der Waals surface area (Å²) in [5.41, 5.74) is 7.18. The van der Waals surface area contributed by atoms with E-state index in [4.69, 9.17) is 5.73 Å². The molecule has 3 nitrogen and oxygen atoms in total. The Hall–Kier alpha value is -0.830. The molecule has 1 aromatic heterocycles. The highest BCUT2D eigenvalue weighted by Gasteiger charge is 2.17. The summed E-state index contributed by atoms with van der Waals surface area (Å²) >= 11 is 0. The standard InChI is InChI=1S/C11H21N3/c1-4-6-10(12)11(5-2)14-8-7-9(3)13-14/h7-8,10-11H,4-6,12H2,1-3H3. The van der Waals surface area contributed by atoms with Crippen LogP contribution in [-0.4, -0.2) is 15.8 Å². The Morgan fingerprint density at radius 2 is 2.21 bits per heavy atom. The maximum Gasteiger partial charge on any atom is 0.0667 e. The van der Waals surface area contributed by atoms with Crippen LogP contribution in [0.15, 0.2) is 12.3 Å². The van der Waals surface area contributed by atoms with Crippen molar-refractivity contribution in [2.75, 3.05) is 0 Å². The van der Waals surface area contributed by atoms with Gasteiger partial charge in [-0.3, -0.25) is 4.68 Å². The van der Waals surface area contributed by atoms with Crippen molar-refractivity contribution in [2.45, 2.75) is 52.1 Å². The quantitative estimate of drug-likeness (QED) is 0.783. The van der Waals surface area contributed by atoms with Crippen molar-refractivity contribution in [3.05, 3.63) is 18.0 Å². The third-order valence-corrected chi connectivity index (χ3v) is 2.62. The minimum absolute atomic E-state index is 0.226. The van der Waals surface area contributed by atoms with Gasteiger partial charge in [-0.2, -0.15) is 5.10 Å². The van der Waals surface area contributed by atoms with E-state index in [-0.39, 0.29) is 6.04 Å². The lowest BCUT2D eigenvalue weighted by molar-refractivity contribution is 0.349. The molecule has 2 unspecified atom stereocenters. The first-order valence-electron chi connectivity index (χ1n) is 5.46. The van der Waals surface area contributed by atoms with Crippen LogP contribution >= 0.6 is 0 Å². The van der Waals surface area contributed by atoms with E-state index < -0.39 is 0 Å². The molecule has 80 valence electrons. The van der Waals surface area contributed by atoms with Gasteiger partial charge in [-0.05, 0) is 25.8 Å². The van der Waals surface area contributed by atoms with Crippen LogP contribution in [0.4, 0.5) is 0 Å². The van der Waals surface area contributed by atoms with Gasteiger partial charge in [0.25, 0.3) is 0 Å². The fourth-order valence-electron chi connectivity index (χ4n) is 1.83. The van der Waals surface area contributed by atoms with Crippen molar-refractivity contribution in [2.24, 2.45) is 5.73 Å². The molecule has 0 saturated heterocycles. The summed E-state index contributed by atoms with van der Waals surface area (Å²) in [4.78, 5) is 0. The van der Waals surface area contributed by atoms with Crippen molar-refractivity contribution in [3.63, 3.8) is 0 Å². The van der Waals surface area contributed by atoms with Gasteiger partial charge in [0.1, 0.15) is 0 Å². The summed E-state index contributed by atoms with van der Waals surface area (Å²) < 4.78 is 2.01. The minimum Gasteiger partial charge on any atom is -0.326 e. The molecule has 0 bridgehead atoms. The van der Waals surface area contributed by atoms with E-state index >= 15 is 0 Å². The van der Waals surface area contributed by atoms with Gasteiger partial charge in [-0.1, -0.05) is 20.3 Å². The zero-order valence-corrected chi connectivity index (χ0v) is 9.40. The lowest BCUT2D eigenvalue weighted by Gasteiger charge is -2.22. The molecule has 0 radical (unpaired) electrons. The maximum absolute atomic E-state index is 6.12. The van der Waals surface area contributed by atoms with Crippen LogP contribution in [0.3, 0.4) is 0 Å². The average molecular weight is 195 g/mol. The minimum atomic E-state index is 0.226. The number of rotatable bonds is 5. The summed E-state index contributed by atoms with van der Waals surface area (Å²) in [6.45, 7) is 6.34. The molecular formula is C11H21N3. The Balaban J connectivity index is 2.71. The second kappa shape index (κ2) is 5.15. The third kappa shape index (κ3) is 2.58. The third-order valence-electron chi connectivity index (χ3n) is 2.62. The van der Waals surface area contributed by atoms with Gasteiger partial charge in [0, 0.05) is 12.2 Å². The number of hydrogen-bond donors (Lipinski definition) is 1. The summed E-state index contributed by atoms with van der Waals surface area (Å²) in [5.74, 6) is 0. The molecule has 1 aromatic rings. The molecule has 2 N–H and O–H groups in total. The molecular weight excluding hydrogens is 174 g/mol. The predicted molar refractivity (Wildman–Crippen MR) is 59.2 cm³/mol. The van der Waals surface area contributed by atoms with Crippen molar-refractivity contribution >= 4 is 0 Å². The summed E-state index contributed by atoms with van der Waals surface area (Å²) in [6.07, 6.45) is 5.27. The molecule has 0 aliphatic carbocycles. The van der Waals surface area contributed by atoms with Gasteiger partial charge < -0.3 is 5.73 Å². The van der Waals surface area contributed by atoms with E-state index in [0.717, 1.165) is 25.0 Å². The zero-order valence-electron chi connectivity index (χ0n) is 9.40. The highest BCUT2D eigenvalue weighted by atomic mass is 15.3. The van der Waals surface area contributed by atoms with Crippen molar-refractivity contribution in [3.8, 4) is 0 Å². The highest BCUT2D eigenvalue weighted by molar-refractivity contribution is 4.97. The Kier molecular flexibility index (Phi) is 4.14. The topological polar surface area (TPSA) is 43.8 Å². The van der Waals surface area contributed by atoms with Crippen LogP contribution in [0.2, 0.25) is 0 Å². The van der Waals surface area contributed by atoms with Gasteiger partial charge in [0.2, 0.25) is 0 Å². The Labute approximate surface area is 86.3 Å². The van der Waals surface area contributed by atoms with E-state index in [0.29, 0.717) is 6.04 Å². The Bertz CT molecular complexity index is 267. The summed E-state index contributed by atoms with van der Waals surface area (Å²) in [5, 5.41) is 4.42. The molecule has 0 aliphatic rings. The van der Waals surface area contributed by atoms with Gasteiger partial charge in [0.15, 0.2) is 0 Å². The molecule has 0 spiro atoms. The monoisotopic (exact) mass is 195 g/mol. The van der Waals surface area contributed by atoms with Crippen LogP contribution in [0.1, 0.15) is 44.8 Å². The van der Waals surface area contributed by atoms with Crippen LogP contribution in [0.25, 0.3) is 0 Å². The Morgan fingerprint density at radius 1 is 1.50 bits per heavy atom. The molecule has 0 aromatic carbocycles. The smallest absolute Gasteiger partial charge is 0.0667 e. The van der Waals surface area contributed by atoms with Gasteiger partial charge in [0.05, 0.1) is 11.7 Å². The lowest BCUT2D eigenvalue weighted by atomic mass is 10.0. The number of nitrogens with zero attached hydrogens (tertiary/aromatic N) is 2. The molecule has 0 amide bonds. The van der Waals surface area contributed by atoms with Gasteiger partial charge in [-0.25, -0.2) is 0 Å². The van der Waals surface area contributed by atoms with E-state index in [1.54, 1.807) is 0 Å². The van der Waals surface area contributed by atoms with Crippen LogP contribution in [0.5, 0.6) is 0 Å². The normalized spacial score (nSPS) is 15.4. The molecule has 3 heteroatoms. The fraction of sp³-hybridized carbons (Fsp3) is 0.727. The first-order chi connectivity index (χ1) is 6.69. The second-order valence-corrected chi connectivity index (χ2v) is 3.87. The number of aryl methyl sites for hydroxylation is 1.